The zero-order chi connectivity index (χ0) is 17.5. The minimum Gasteiger partial charge on any atom is -0.356 e. The van der Waals surface area contributed by atoms with E-state index in [1.54, 1.807) is 11.3 Å². The van der Waals surface area contributed by atoms with Gasteiger partial charge in [0, 0.05) is 49.1 Å². The lowest BCUT2D eigenvalue weighted by Gasteiger charge is -2.21. The van der Waals surface area contributed by atoms with Crippen molar-refractivity contribution in [3.05, 3.63) is 46.4 Å². The van der Waals surface area contributed by atoms with Crippen LogP contribution in [0.1, 0.15) is 17.1 Å². The number of aliphatic imine (C=N–C) groups is 1. The molecule has 7 heteroatoms. The van der Waals surface area contributed by atoms with Crippen molar-refractivity contribution in [2.24, 2.45) is 10.9 Å². The van der Waals surface area contributed by atoms with Crippen molar-refractivity contribution in [2.45, 2.75) is 24.7 Å². The second-order valence-electron chi connectivity index (χ2n) is 6.31. The van der Waals surface area contributed by atoms with Gasteiger partial charge in [0.05, 0.1) is 10.7 Å². The molecule has 1 fully saturated rings. The van der Waals surface area contributed by atoms with E-state index in [9.17, 15) is 0 Å². The Balaban J connectivity index is 0.00000243. The van der Waals surface area contributed by atoms with Crippen LogP contribution in [0.15, 0.2) is 45.6 Å². The molecule has 3 rings (SSSR count). The van der Waals surface area contributed by atoms with E-state index in [2.05, 4.69) is 62.8 Å². The van der Waals surface area contributed by atoms with Gasteiger partial charge in [-0.15, -0.1) is 47.1 Å². The smallest absolute Gasteiger partial charge is 0.193 e. The van der Waals surface area contributed by atoms with Crippen molar-refractivity contribution in [1.29, 1.82) is 0 Å². The molecule has 2 heterocycles. The molecule has 1 N–H and O–H groups in total. The van der Waals surface area contributed by atoms with Gasteiger partial charge in [-0.05, 0) is 31.4 Å². The number of benzene rings is 1. The van der Waals surface area contributed by atoms with E-state index < -0.39 is 0 Å². The van der Waals surface area contributed by atoms with Crippen molar-refractivity contribution in [1.82, 2.24) is 15.2 Å². The van der Waals surface area contributed by atoms with E-state index in [1.807, 2.05) is 18.8 Å². The van der Waals surface area contributed by atoms with Gasteiger partial charge in [-0.2, -0.15) is 0 Å². The minimum absolute atomic E-state index is 0. The average Bonchev–Trinajstić information content (AvgIpc) is 3.27. The Labute approximate surface area is 181 Å². The third kappa shape index (κ3) is 6.42. The maximum Gasteiger partial charge on any atom is 0.193 e. The Hall–Kier alpha value is -0.800. The van der Waals surface area contributed by atoms with Crippen LogP contribution in [0.4, 0.5) is 0 Å². The zero-order valence-electron chi connectivity index (χ0n) is 15.4. The number of hydrogen-bond acceptors (Lipinski definition) is 4. The quantitative estimate of drug-likeness (QED) is 0.277. The number of aromatic nitrogens is 1. The van der Waals surface area contributed by atoms with Crippen LogP contribution in [0.5, 0.6) is 0 Å². The molecule has 1 aliphatic rings. The summed E-state index contributed by atoms with van der Waals surface area (Å²) in [4.78, 5) is 12.7. The van der Waals surface area contributed by atoms with Gasteiger partial charge < -0.3 is 10.2 Å². The van der Waals surface area contributed by atoms with Crippen LogP contribution >= 0.6 is 47.1 Å². The number of halogens is 1. The second-order valence-corrected chi connectivity index (χ2v) is 8.46. The number of nitrogens with zero attached hydrogens (tertiary/aromatic N) is 3. The van der Waals surface area contributed by atoms with E-state index in [1.165, 1.54) is 22.8 Å². The molecular formula is C19H27IN4S2. The van der Waals surface area contributed by atoms with Crippen LogP contribution in [-0.2, 0) is 6.42 Å². The number of aryl methyl sites for hydroxylation is 1. The number of rotatable bonds is 6. The minimum atomic E-state index is 0. The first-order valence-electron chi connectivity index (χ1n) is 8.79. The molecule has 1 aromatic heterocycles. The molecular weight excluding hydrogens is 475 g/mol. The third-order valence-corrected chi connectivity index (χ3v) is 6.42. The highest BCUT2D eigenvalue weighted by molar-refractivity contribution is 14.0. The molecule has 1 atom stereocenters. The number of likely N-dealkylation sites (tertiary alicyclic amines) is 1. The summed E-state index contributed by atoms with van der Waals surface area (Å²) in [5.41, 5.74) is 1.17. The molecule has 1 unspecified atom stereocenters. The number of guanidine groups is 1. The van der Waals surface area contributed by atoms with Crippen molar-refractivity contribution in [3.63, 3.8) is 0 Å². The predicted octanol–water partition coefficient (Wildman–Crippen LogP) is 4.30. The monoisotopic (exact) mass is 502 g/mol. The molecule has 0 spiro atoms. The first-order chi connectivity index (χ1) is 12.2. The second kappa shape index (κ2) is 11.1. The summed E-state index contributed by atoms with van der Waals surface area (Å²) in [6.45, 7) is 5.12. The first-order valence-corrected chi connectivity index (χ1v) is 10.7. The summed E-state index contributed by atoms with van der Waals surface area (Å²) >= 11 is 3.68. The fourth-order valence-electron chi connectivity index (χ4n) is 3.05. The Morgan fingerprint density at radius 2 is 2.19 bits per heavy atom. The average molecular weight is 502 g/mol. The first kappa shape index (κ1) is 21.5. The van der Waals surface area contributed by atoms with Crippen LogP contribution in [0, 0.1) is 12.8 Å². The van der Waals surface area contributed by atoms with Gasteiger partial charge in [0.15, 0.2) is 5.96 Å². The normalized spacial score (nSPS) is 17.2. The summed E-state index contributed by atoms with van der Waals surface area (Å²) in [5, 5.41) is 6.78. The number of hydrogen-bond donors (Lipinski definition) is 1. The fraction of sp³-hybridized carbons (Fsp3) is 0.474. The van der Waals surface area contributed by atoms with E-state index in [0.29, 0.717) is 0 Å². The number of thioether (sulfide) groups is 1. The standard InChI is InChI=1S/C19H26N4S2.HI/c1-15-22-17(14-24-15)8-10-21-19(20-2)23-11-9-16(12-23)13-25-18-6-4-3-5-7-18;/h3-7,14,16H,8-13H2,1-2H3,(H,20,21);1H. The lowest BCUT2D eigenvalue weighted by Crippen LogP contribution is -2.41. The third-order valence-electron chi connectivity index (χ3n) is 4.36. The summed E-state index contributed by atoms with van der Waals surface area (Å²) in [6, 6.07) is 10.7. The summed E-state index contributed by atoms with van der Waals surface area (Å²) in [6.07, 6.45) is 2.19. The summed E-state index contributed by atoms with van der Waals surface area (Å²) in [7, 11) is 1.88. The van der Waals surface area contributed by atoms with Crippen molar-refractivity contribution >= 4 is 53.0 Å². The topological polar surface area (TPSA) is 40.5 Å². The molecule has 142 valence electrons. The van der Waals surface area contributed by atoms with Gasteiger partial charge in [0.25, 0.3) is 0 Å². The molecule has 0 radical (unpaired) electrons. The highest BCUT2D eigenvalue weighted by Gasteiger charge is 2.24. The van der Waals surface area contributed by atoms with Crippen molar-refractivity contribution < 1.29 is 0 Å². The van der Waals surface area contributed by atoms with Crippen molar-refractivity contribution in [2.75, 3.05) is 32.4 Å². The van der Waals surface area contributed by atoms with Gasteiger partial charge in [-0.25, -0.2) is 4.98 Å². The predicted molar refractivity (Wildman–Crippen MR) is 124 cm³/mol. The van der Waals surface area contributed by atoms with Gasteiger partial charge in [0.2, 0.25) is 0 Å². The van der Waals surface area contributed by atoms with Crippen LogP contribution in [0.25, 0.3) is 0 Å². The van der Waals surface area contributed by atoms with E-state index in [4.69, 9.17) is 0 Å². The van der Waals surface area contributed by atoms with Crippen LogP contribution in [0.3, 0.4) is 0 Å². The highest BCUT2D eigenvalue weighted by atomic mass is 127. The molecule has 0 saturated carbocycles. The summed E-state index contributed by atoms with van der Waals surface area (Å²) in [5.74, 6) is 2.93. The lowest BCUT2D eigenvalue weighted by molar-refractivity contribution is 0.474. The van der Waals surface area contributed by atoms with Gasteiger partial charge in [-0.3, -0.25) is 4.99 Å². The molecule has 26 heavy (non-hydrogen) atoms. The molecule has 0 bridgehead atoms. The SMILES string of the molecule is CN=C(NCCc1csc(C)n1)N1CCC(CSc2ccccc2)C1.I. The molecule has 1 aliphatic heterocycles. The fourth-order valence-corrected chi connectivity index (χ4v) is 4.75. The van der Waals surface area contributed by atoms with Crippen LogP contribution in [0.2, 0.25) is 0 Å². The molecule has 1 saturated heterocycles. The Morgan fingerprint density at radius 3 is 2.88 bits per heavy atom. The highest BCUT2D eigenvalue weighted by Crippen LogP contribution is 2.25. The lowest BCUT2D eigenvalue weighted by atomic mass is 10.2. The maximum atomic E-state index is 4.52. The largest absolute Gasteiger partial charge is 0.356 e. The van der Waals surface area contributed by atoms with Gasteiger partial charge in [-0.1, -0.05) is 18.2 Å². The maximum absolute atomic E-state index is 4.52. The van der Waals surface area contributed by atoms with Crippen LogP contribution < -0.4 is 5.32 Å². The molecule has 0 amide bonds. The summed E-state index contributed by atoms with van der Waals surface area (Å²) < 4.78 is 0. The van der Waals surface area contributed by atoms with Crippen molar-refractivity contribution in [3.8, 4) is 0 Å². The number of thiazole rings is 1. The van der Waals surface area contributed by atoms with E-state index in [-0.39, 0.29) is 24.0 Å². The van der Waals surface area contributed by atoms with E-state index >= 15 is 0 Å². The van der Waals surface area contributed by atoms with E-state index in [0.717, 1.165) is 42.9 Å². The Morgan fingerprint density at radius 1 is 1.38 bits per heavy atom. The zero-order valence-corrected chi connectivity index (χ0v) is 19.3. The molecule has 1 aromatic carbocycles. The van der Waals surface area contributed by atoms with Gasteiger partial charge >= 0.3 is 0 Å². The Bertz CT molecular complexity index is 690. The van der Waals surface area contributed by atoms with Crippen LogP contribution in [-0.4, -0.2) is 48.3 Å². The molecule has 0 aliphatic carbocycles. The molecule has 4 nitrogen and oxygen atoms in total. The molecule has 2 aromatic rings. The number of nitrogens with one attached hydrogen (secondary N) is 1. The Kier molecular flexibility index (Phi) is 9.21. The van der Waals surface area contributed by atoms with Gasteiger partial charge in [0.1, 0.15) is 0 Å².